The smallest absolute Gasteiger partial charge is 0.193 e. The summed E-state index contributed by atoms with van der Waals surface area (Å²) in [4.78, 5) is 0. The van der Waals surface area contributed by atoms with E-state index in [0.717, 1.165) is 12.3 Å². The normalized spacial score (nSPS) is 12.0. The van der Waals surface area contributed by atoms with Gasteiger partial charge < -0.3 is 9.73 Å². The van der Waals surface area contributed by atoms with E-state index in [9.17, 15) is 0 Å². The molecule has 0 saturated heterocycles. The second-order valence-corrected chi connectivity index (χ2v) is 3.61. The maximum absolute atomic E-state index is 5.29. The van der Waals surface area contributed by atoms with E-state index in [0.29, 0.717) is 0 Å². The van der Waals surface area contributed by atoms with Gasteiger partial charge in [-0.05, 0) is 18.1 Å². The van der Waals surface area contributed by atoms with Crippen LogP contribution in [0, 0.1) is 0 Å². The Morgan fingerprint density at radius 3 is 2.62 bits per heavy atom. The summed E-state index contributed by atoms with van der Waals surface area (Å²) in [5.41, 5.74) is 1.24. The highest BCUT2D eigenvalue weighted by Gasteiger charge is 2.09. The Labute approximate surface area is 95.6 Å². The molecule has 0 saturated carbocycles. The fourth-order valence-corrected chi connectivity index (χ4v) is 1.66. The van der Waals surface area contributed by atoms with E-state index in [4.69, 9.17) is 4.42 Å². The Morgan fingerprint density at radius 2 is 2.00 bits per heavy atom. The predicted molar refractivity (Wildman–Crippen MR) is 66.3 cm³/mol. The molecule has 0 amide bonds. The topological polar surface area (TPSA) is 25.2 Å². The Bertz CT molecular complexity index is 419. The van der Waals surface area contributed by atoms with Crippen LogP contribution in [0.15, 0.2) is 65.8 Å². The van der Waals surface area contributed by atoms with Crippen LogP contribution in [0.25, 0.3) is 0 Å². The molecule has 0 radical (unpaired) electrons. The van der Waals surface area contributed by atoms with Crippen molar-refractivity contribution < 1.29 is 4.42 Å². The quantitative estimate of drug-likeness (QED) is 0.759. The first-order chi connectivity index (χ1) is 7.90. The monoisotopic (exact) mass is 213 g/mol. The largest absolute Gasteiger partial charge is 0.449 e. The summed E-state index contributed by atoms with van der Waals surface area (Å²) in [6, 6.07) is 14.3. The van der Waals surface area contributed by atoms with Crippen LogP contribution in [0.5, 0.6) is 0 Å². The van der Waals surface area contributed by atoms with Crippen LogP contribution in [0.4, 0.5) is 5.88 Å². The van der Waals surface area contributed by atoms with Crippen molar-refractivity contribution in [3.05, 3.63) is 66.9 Å². The molecule has 0 fully saturated rings. The summed E-state index contributed by atoms with van der Waals surface area (Å²) in [5, 5.41) is 3.34. The lowest BCUT2D eigenvalue weighted by molar-refractivity contribution is 0.567. The van der Waals surface area contributed by atoms with Gasteiger partial charge in [0.15, 0.2) is 5.88 Å². The lowest BCUT2D eigenvalue weighted by atomic mass is 10.0. The lowest BCUT2D eigenvalue weighted by Gasteiger charge is -2.16. The molecule has 1 heterocycles. The van der Waals surface area contributed by atoms with E-state index < -0.39 is 0 Å². The molecule has 16 heavy (non-hydrogen) atoms. The molecule has 1 N–H and O–H groups in total. The van der Waals surface area contributed by atoms with Crippen molar-refractivity contribution in [1.82, 2.24) is 0 Å². The molecule has 82 valence electrons. The zero-order valence-corrected chi connectivity index (χ0v) is 9.10. The Kier molecular flexibility index (Phi) is 3.44. The van der Waals surface area contributed by atoms with Gasteiger partial charge in [-0.25, -0.2) is 0 Å². The summed E-state index contributed by atoms with van der Waals surface area (Å²) in [7, 11) is 0. The van der Waals surface area contributed by atoms with Gasteiger partial charge in [-0.15, -0.1) is 6.58 Å². The molecule has 1 atom stereocenters. The SMILES string of the molecule is C=CC[C@H](Nc1ccco1)c1ccccc1. The van der Waals surface area contributed by atoms with Gasteiger partial charge in [0.2, 0.25) is 0 Å². The van der Waals surface area contributed by atoms with Crippen molar-refractivity contribution in [3.8, 4) is 0 Å². The highest BCUT2D eigenvalue weighted by Crippen LogP contribution is 2.22. The van der Waals surface area contributed by atoms with Crippen molar-refractivity contribution in [2.75, 3.05) is 5.32 Å². The first-order valence-electron chi connectivity index (χ1n) is 5.36. The van der Waals surface area contributed by atoms with Crippen LogP contribution in [0.3, 0.4) is 0 Å². The second-order valence-electron chi connectivity index (χ2n) is 3.61. The van der Waals surface area contributed by atoms with E-state index in [1.807, 2.05) is 36.4 Å². The minimum atomic E-state index is 0.213. The maximum Gasteiger partial charge on any atom is 0.193 e. The number of hydrogen-bond donors (Lipinski definition) is 1. The van der Waals surface area contributed by atoms with Gasteiger partial charge in [0.1, 0.15) is 0 Å². The number of furan rings is 1. The van der Waals surface area contributed by atoms with Crippen LogP contribution < -0.4 is 5.32 Å². The first-order valence-corrected chi connectivity index (χ1v) is 5.36. The highest BCUT2D eigenvalue weighted by molar-refractivity contribution is 5.35. The van der Waals surface area contributed by atoms with Crippen LogP contribution >= 0.6 is 0 Å². The second kappa shape index (κ2) is 5.21. The third kappa shape index (κ3) is 2.54. The number of hydrogen-bond acceptors (Lipinski definition) is 2. The molecule has 2 rings (SSSR count). The molecule has 1 aromatic heterocycles. The van der Waals surface area contributed by atoms with Crippen molar-refractivity contribution >= 4 is 5.88 Å². The van der Waals surface area contributed by atoms with Crippen molar-refractivity contribution in [3.63, 3.8) is 0 Å². The van der Waals surface area contributed by atoms with Crippen molar-refractivity contribution in [2.45, 2.75) is 12.5 Å². The number of nitrogens with one attached hydrogen (secondary N) is 1. The third-order valence-corrected chi connectivity index (χ3v) is 2.44. The molecular weight excluding hydrogens is 198 g/mol. The molecule has 2 aromatic rings. The third-order valence-electron chi connectivity index (χ3n) is 2.44. The standard InChI is InChI=1S/C14H15NO/c1-2-7-13(12-8-4-3-5-9-12)15-14-10-6-11-16-14/h2-6,8-11,13,15H,1,7H2/t13-/m0/s1. The number of benzene rings is 1. The fraction of sp³-hybridized carbons (Fsp3) is 0.143. The van der Waals surface area contributed by atoms with Crippen LogP contribution in [0.1, 0.15) is 18.0 Å². The van der Waals surface area contributed by atoms with Gasteiger partial charge in [-0.3, -0.25) is 0 Å². The van der Waals surface area contributed by atoms with Gasteiger partial charge in [-0.1, -0.05) is 36.4 Å². The number of rotatable bonds is 5. The number of anilines is 1. The van der Waals surface area contributed by atoms with Gasteiger partial charge >= 0.3 is 0 Å². The molecule has 0 unspecified atom stereocenters. The van der Waals surface area contributed by atoms with Crippen LogP contribution in [-0.2, 0) is 0 Å². The van der Waals surface area contributed by atoms with Gasteiger partial charge in [0.25, 0.3) is 0 Å². The minimum Gasteiger partial charge on any atom is -0.449 e. The van der Waals surface area contributed by atoms with E-state index >= 15 is 0 Å². The van der Waals surface area contributed by atoms with E-state index in [1.165, 1.54) is 5.56 Å². The average Bonchev–Trinajstić information content (AvgIpc) is 2.83. The van der Waals surface area contributed by atoms with Crippen molar-refractivity contribution in [1.29, 1.82) is 0 Å². The zero-order chi connectivity index (χ0) is 11.2. The Hall–Kier alpha value is -1.96. The molecule has 0 spiro atoms. The van der Waals surface area contributed by atoms with E-state index in [1.54, 1.807) is 6.26 Å². The predicted octanol–water partition coefficient (Wildman–Crippen LogP) is 4.01. The van der Waals surface area contributed by atoms with Gasteiger partial charge in [-0.2, -0.15) is 0 Å². The van der Waals surface area contributed by atoms with Crippen molar-refractivity contribution in [2.24, 2.45) is 0 Å². The summed E-state index contributed by atoms with van der Waals surface area (Å²) < 4.78 is 5.29. The first kappa shape index (κ1) is 10.6. The molecule has 0 aliphatic carbocycles. The zero-order valence-electron chi connectivity index (χ0n) is 9.10. The van der Waals surface area contributed by atoms with Crippen LogP contribution in [-0.4, -0.2) is 0 Å². The van der Waals surface area contributed by atoms with E-state index in [2.05, 4.69) is 24.0 Å². The molecular formula is C14H15NO. The highest BCUT2D eigenvalue weighted by atomic mass is 16.3. The summed E-state index contributed by atoms with van der Waals surface area (Å²) in [6.07, 6.45) is 4.44. The van der Waals surface area contributed by atoms with E-state index in [-0.39, 0.29) is 6.04 Å². The summed E-state index contributed by atoms with van der Waals surface area (Å²) >= 11 is 0. The Morgan fingerprint density at radius 1 is 1.19 bits per heavy atom. The molecule has 0 aliphatic heterocycles. The fourth-order valence-electron chi connectivity index (χ4n) is 1.66. The molecule has 0 aliphatic rings. The Balaban J connectivity index is 2.14. The summed E-state index contributed by atoms with van der Waals surface area (Å²) in [5.74, 6) is 0.788. The lowest BCUT2D eigenvalue weighted by Crippen LogP contribution is -2.09. The molecule has 2 nitrogen and oxygen atoms in total. The molecule has 1 aromatic carbocycles. The average molecular weight is 213 g/mol. The minimum absolute atomic E-state index is 0.213. The summed E-state index contributed by atoms with van der Waals surface area (Å²) in [6.45, 7) is 3.78. The maximum atomic E-state index is 5.29. The molecule has 0 bridgehead atoms. The van der Waals surface area contributed by atoms with Gasteiger partial charge in [0, 0.05) is 6.07 Å². The molecule has 2 heteroatoms. The van der Waals surface area contributed by atoms with Gasteiger partial charge in [0.05, 0.1) is 12.3 Å². The van der Waals surface area contributed by atoms with Crippen LogP contribution in [0.2, 0.25) is 0 Å².